The highest BCUT2D eigenvalue weighted by atomic mass is 16.6. The van der Waals surface area contributed by atoms with Gasteiger partial charge in [-0.05, 0) is 31.0 Å². The molecule has 0 bridgehead atoms. The Labute approximate surface area is 159 Å². The van der Waals surface area contributed by atoms with Gasteiger partial charge in [0.05, 0.1) is 23.6 Å². The maximum atomic E-state index is 11.5. The molecule has 0 unspecified atom stereocenters. The Bertz CT molecular complexity index is 862. The SMILES string of the molecule is CCOC(=O)CCc1cc([N+](=O)[O-])c(Oc2cccc(OC)c2)c([N+](=O)[O-])c1. The van der Waals surface area contributed by atoms with Crippen LogP contribution in [0.2, 0.25) is 0 Å². The molecule has 148 valence electrons. The van der Waals surface area contributed by atoms with Crippen molar-refractivity contribution in [2.45, 2.75) is 19.8 Å². The zero-order valence-corrected chi connectivity index (χ0v) is 15.2. The van der Waals surface area contributed by atoms with Gasteiger partial charge in [-0.1, -0.05) is 6.07 Å². The van der Waals surface area contributed by atoms with E-state index in [1.165, 1.54) is 19.2 Å². The molecule has 0 radical (unpaired) electrons. The number of carbonyl (C=O) groups is 1. The van der Waals surface area contributed by atoms with Gasteiger partial charge in [-0.25, -0.2) is 0 Å². The molecule has 0 aliphatic heterocycles. The summed E-state index contributed by atoms with van der Waals surface area (Å²) < 4.78 is 15.3. The fourth-order valence-electron chi connectivity index (χ4n) is 2.44. The number of hydrogen-bond acceptors (Lipinski definition) is 8. The van der Waals surface area contributed by atoms with Gasteiger partial charge < -0.3 is 14.2 Å². The first kappa shape index (κ1) is 20.6. The largest absolute Gasteiger partial charge is 0.497 e. The average Bonchev–Trinajstić information content (AvgIpc) is 2.66. The fraction of sp³-hybridized carbons (Fsp3) is 0.278. The predicted molar refractivity (Wildman–Crippen MR) is 97.8 cm³/mol. The van der Waals surface area contributed by atoms with Gasteiger partial charge in [0, 0.05) is 24.6 Å². The molecule has 0 aromatic heterocycles. The Morgan fingerprint density at radius 2 is 1.64 bits per heavy atom. The summed E-state index contributed by atoms with van der Waals surface area (Å²) in [5.74, 6) is -0.425. The van der Waals surface area contributed by atoms with Crippen LogP contribution in [0.15, 0.2) is 36.4 Å². The van der Waals surface area contributed by atoms with Gasteiger partial charge in [0.25, 0.3) is 5.75 Å². The van der Waals surface area contributed by atoms with Gasteiger partial charge >= 0.3 is 17.3 Å². The van der Waals surface area contributed by atoms with Crippen molar-refractivity contribution in [1.82, 2.24) is 0 Å². The Morgan fingerprint density at radius 1 is 1.04 bits per heavy atom. The van der Waals surface area contributed by atoms with Crippen molar-refractivity contribution in [3.8, 4) is 17.2 Å². The molecular formula is C18H18N2O8. The molecule has 0 aliphatic carbocycles. The number of nitro benzene ring substituents is 2. The lowest BCUT2D eigenvalue weighted by molar-refractivity contribution is -0.395. The minimum absolute atomic E-state index is 0.0555. The second kappa shape index (κ2) is 9.31. The predicted octanol–water partition coefficient (Wildman–Crippen LogP) is 3.80. The molecule has 10 nitrogen and oxygen atoms in total. The van der Waals surface area contributed by atoms with E-state index in [2.05, 4.69) is 0 Å². The molecule has 0 heterocycles. The number of aryl methyl sites for hydroxylation is 1. The van der Waals surface area contributed by atoms with E-state index in [0.29, 0.717) is 5.75 Å². The van der Waals surface area contributed by atoms with Crippen LogP contribution in [0.3, 0.4) is 0 Å². The summed E-state index contributed by atoms with van der Waals surface area (Å²) >= 11 is 0. The number of ether oxygens (including phenoxy) is 3. The zero-order valence-electron chi connectivity index (χ0n) is 15.2. The molecule has 0 fully saturated rings. The number of hydrogen-bond donors (Lipinski definition) is 0. The third-order valence-corrected chi connectivity index (χ3v) is 3.69. The second-order valence-electron chi connectivity index (χ2n) is 5.56. The van der Waals surface area contributed by atoms with E-state index in [-0.39, 0.29) is 30.8 Å². The molecule has 10 heteroatoms. The van der Waals surface area contributed by atoms with Crippen LogP contribution in [0.4, 0.5) is 11.4 Å². The number of methoxy groups -OCH3 is 1. The van der Waals surface area contributed by atoms with E-state index in [4.69, 9.17) is 14.2 Å². The first-order valence-corrected chi connectivity index (χ1v) is 8.29. The van der Waals surface area contributed by atoms with Gasteiger partial charge in [0.15, 0.2) is 0 Å². The maximum absolute atomic E-state index is 11.5. The van der Waals surface area contributed by atoms with Crippen molar-refractivity contribution < 1.29 is 28.9 Å². The molecule has 0 saturated heterocycles. The van der Waals surface area contributed by atoms with Gasteiger partial charge in [-0.3, -0.25) is 25.0 Å². The first-order valence-electron chi connectivity index (χ1n) is 8.29. The lowest BCUT2D eigenvalue weighted by atomic mass is 10.1. The van der Waals surface area contributed by atoms with Crippen molar-refractivity contribution in [3.63, 3.8) is 0 Å². The van der Waals surface area contributed by atoms with Gasteiger partial charge in [-0.15, -0.1) is 0 Å². The van der Waals surface area contributed by atoms with Crippen molar-refractivity contribution in [3.05, 3.63) is 62.2 Å². The van der Waals surface area contributed by atoms with Gasteiger partial charge in [0.2, 0.25) is 0 Å². The summed E-state index contributed by atoms with van der Waals surface area (Å²) in [6, 6.07) is 8.46. The van der Waals surface area contributed by atoms with Crippen LogP contribution >= 0.6 is 0 Å². The molecule has 0 N–H and O–H groups in total. The Kier molecular flexibility index (Phi) is 6.85. The summed E-state index contributed by atoms with van der Waals surface area (Å²) in [6.07, 6.45) is -0.00180. The van der Waals surface area contributed by atoms with Crippen LogP contribution in [0, 0.1) is 20.2 Å². The highest BCUT2D eigenvalue weighted by molar-refractivity contribution is 5.70. The number of benzene rings is 2. The summed E-state index contributed by atoms with van der Waals surface area (Å²) in [7, 11) is 1.43. The normalized spacial score (nSPS) is 10.2. The quantitative estimate of drug-likeness (QED) is 0.359. The number of esters is 1. The number of nitro groups is 2. The maximum Gasteiger partial charge on any atom is 0.319 e. The van der Waals surface area contributed by atoms with Crippen LogP contribution < -0.4 is 9.47 Å². The van der Waals surface area contributed by atoms with Crippen LogP contribution in [0.25, 0.3) is 0 Å². The number of rotatable bonds is 9. The van der Waals surface area contributed by atoms with Crippen molar-refractivity contribution >= 4 is 17.3 Å². The first-order chi connectivity index (χ1) is 13.3. The standard InChI is InChI=1S/C18H18N2O8/c1-3-27-17(21)8-7-12-9-15(19(22)23)18(16(10-12)20(24)25)28-14-6-4-5-13(11-14)26-2/h4-6,9-11H,3,7-8H2,1-2H3. The third-order valence-electron chi connectivity index (χ3n) is 3.69. The van der Waals surface area contributed by atoms with Crippen molar-refractivity contribution in [1.29, 1.82) is 0 Å². The number of nitrogens with zero attached hydrogens (tertiary/aromatic N) is 2. The summed E-state index contributed by atoms with van der Waals surface area (Å²) in [4.78, 5) is 32.9. The molecule has 28 heavy (non-hydrogen) atoms. The average molecular weight is 390 g/mol. The lowest BCUT2D eigenvalue weighted by Crippen LogP contribution is -2.06. The van der Waals surface area contributed by atoms with Crippen molar-refractivity contribution in [2.24, 2.45) is 0 Å². The Hall–Kier alpha value is -3.69. The molecule has 2 aromatic rings. The van der Waals surface area contributed by atoms with E-state index >= 15 is 0 Å². The minimum Gasteiger partial charge on any atom is -0.497 e. The molecule has 0 spiro atoms. The molecular weight excluding hydrogens is 372 g/mol. The van der Waals surface area contributed by atoms with Crippen LogP contribution in [0.5, 0.6) is 17.2 Å². The Balaban J connectivity index is 2.43. The van der Waals surface area contributed by atoms with Gasteiger partial charge in [-0.2, -0.15) is 0 Å². The highest BCUT2D eigenvalue weighted by Gasteiger charge is 2.29. The molecule has 0 amide bonds. The van der Waals surface area contributed by atoms with E-state index in [0.717, 1.165) is 12.1 Å². The molecule has 0 aliphatic rings. The summed E-state index contributed by atoms with van der Waals surface area (Å²) in [5.41, 5.74) is -0.892. The third kappa shape index (κ3) is 5.16. The zero-order chi connectivity index (χ0) is 20.7. The number of carbonyl (C=O) groups excluding carboxylic acids is 1. The second-order valence-corrected chi connectivity index (χ2v) is 5.56. The van der Waals surface area contributed by atoms with E-state index < -0.39 is 32.9 Å². The van der Waals surface area contributed by atoms with Crippen molar-refractivity contribution in [2.75, 3.05) is 13.7 Å². The van der Waals surface area contributed by atoms with Crippen LogP contribution in [0.1, 0.15) is 18.9 Å². The topological polar surface area (TPSA) is 131 Å². The monoisotopic (exact) mass is 390 g/mol. The van der Waals surface area contributed by atoms with E-state index in [9.17, 15) is 25.0 Å². The molecule has 2 rings (SSSR count). The minimum atomic E-state index is -0.767. The molecule has 2 aromatic carbocycles. The smallest absolute Gasteiger partial charge is 0.319 e. The van der Waals surface area contributed by atoms with E-state index in [1.807, 2.05) is 0 Å². The highest BCUT2D eigenvalue weighted by Crippen LogP contribution is 2.41. The Morgan fingerprint density at radius 3 is 2.18 bits per heavy atom. The van der Waals surface area contributed by atoms with Gasteiger partial charge in [0.1, 0.15) is 11.5 Å². The molecule has 0 atom stereocenters. The molecule has 0 saturated carbocycles. The van der Waals surface area contributed by atoms with Crippen LogP contribution in [-0.4, -0.2) is 29.5 Å². The summed E-state index contributed by atoms with van der Waals surface area (Å²) in [6.45, 7) is 1.85. The van der Waals surface area contributed by atoms with E-state index in [1.54, 1.807) is 19.1 Å². The summed E-state index contributed by atoms with van der Waals surface area (Å²) in [5, 5.41) is 23.0. The lowest BCUT2D eigenvalue weighted by Gasteiger charge is -2.10. The van der Waals surface area contributed by atoms with Crippen LogP contribution in [-0.2, 0) is 16.0 Å². The fourth-order valence-corrected chi connectivity index (χ4v) is 2.44.